The number of amides is 1. The summed E-state index contributed by atoms with van der Waals surface area (Å²) < 4.78 is 25.9. The molecule has 0 aliphatic rings. The number of carbonyl (C=O) groups is 1. The Morgan fingerprint density at radius 1 is 1.33 bits per heavy atom. The van der Waals surface area contributed by atoms with Gasteiger partial charge in [0, 0.05) is 18.1 Å². The summed E-state index contributed by atoms with van der Waals surface area (Å²) in [6, 6.07) is 5.92. The highest BCUT2D eigenvalue weighted by molar-refractivity contribution is 7.89. The predicted octanol–water partition coefficient (Wildman–Crippen LogP) is -0.307. The van der Waals surface area contributed by atoms with E-state index in [9.17, 15) is 13.2 Å². The quantitative estimate of drug-likeness (QED) is 0.626. The first-order chi connectivity index (χ1) is 8.45. The van der Waals surface area contributed by atoms with Crippen molar-refractivity contribution in [3.8, 4) is 0 Å². The maximum atomic E-state index is 11.8. The number of hydrogen-bond acceptors (Lipinski definition) is 4. The van der Waals surface area contributed by atoms with Crippen molar-refractivity contribution in [3.05, 3.63) is 29.3 Å². The molecule has 0 spiro atoms. The van der Waals surface area contributed by atoms with E-state index in [0.717, 1.165) is 0 Å². The molecule has 0 bridgehead atoms. The molecule has 0 atom stereocenters. The average molecular weight is 292 g/mol. The maximum Gasteiger partial charge on any atom is 0.240 e. The lowest BCUT2D eigenvalue weighted by atomic mass is 10.4. The van der Waals surface area contributed by atoms with Crippen LogP contribution in [-0.4, -0.2) is 34.0 Å². The summed E-state index contributed by atoms with van der Waals surface area (Å²) >= 11 is 5.71. The molecular formula is C10H14ClN3O3S. The van der Waals surface area contributed by atoms with Crippen LogP contribution in [0.4, 0.5) is 0 Å². The Kier molecular flexibility index (Phi) is 5.54. The van der Waals surface area contributed by atoms with Crippen molar-refractivity contribution in [2.75, 3.05) is 19.6 Å². The highest BCUT2D eigenvalue weighted by atomic mass is 35.5. The first-order valence-corrected chi connectivity index (χ1v) is 7.04. The molecule has 0 radical (unpaired) electrons. The van der Waals surface area contributed by atoms with Gasteiger partial charge in [-0.15, -0.1) is 0 Å². The molecule has 0 fully saturated rings. The van der Waals surface area contributed by atoms with Crippen LogP contribution in [0.5, 0.6) is 0 Å². The minimum Gasteiger partial charge on any atom is -0.354 e. The Labute approximate surface area is 111 Å². The number of nitrogens with two attached hydrogens (primary N) is 1. The lowest BCUT2D eigenvalue weighted by molar-refractivity contribution is -0.119. The number of rotatable bonds is 6. The first-order valence-electron chi connectivity index (χ1n) is 5.17. The molecule has 0 heterocycles. The van der Waals surface area contributed by atoms with Crippen molar-refractivity contribution >= 4 is 27.5 Å². The number of carbonyl (C=O) groups excluding carboxylic acids is 1. The Bertz CT molecular complexity index is 519. The van der Waals surface area contributed by atoms with Gasteiger partial charge in [-0.1, -0.05) is 17.7 Å². The molecule has 1 aromatic rings. The molecule has 6 nitrogen and oxygen atoms in total. The van der Waals surface area contributed by atoms with Crippen molar-refractivity contribution in [2.45, 2.75) is 4.90 Å². The van der Waals surface area contributed by atoms with E-state index in [0.29, 0.717) is 5.02 Å². The van der Waals surface area contributed by atoms with E-state index >= 15 is 0 Å². The summed E-state index contributed by atoms with van der Waals surface area (Å²) in [4.78, 5) is 10.9. The van der Waals surface area contributed by atoms with Gasteiger partial charge in [0.25, 0.3) is 0 Å². The molecule has 0 saturated heterocycles. The summed E-state index contributed by atoms with van der Waals surface area (Å²) in [5.74, 6) is -0.336. The molecule has 100 valence electrons. The van der Waals surface area contributed by atoms with Gasteiger partial charge in [0.1, 0.15) is 0 Å². The van der Waals surface area contributed by atoms with Crippen LogP contribution in [0, 0.1) is 0 Å². The number of sulfonamides is 1. The third kappa shape index (κ3) is 4.61. The molecule has 1 rings (SSSR count). The third-order valence-electron chi connectivity index (χ3n) is 2.03. The predicted molar refractivity (Wildman–Crippen MR) is 68.7 cm³/mol. The Hall–Kier alpha value is -1.15. The van der Waals surface area contributed by atoms with Gasteiger partial charge in [-0.2, -0.15) is 0 Å². The molecule has 1 aromatic carbocycles. The van der Waals surface area contributed by atoms with Crippen molar-refractivity contribution in [1.29, 1.82) is 0 Å². The Morgan fingerprint density at radius 3 is 2.67 bits per heavy atom. The highest BCUT2D eigenvalue weighted by Crippen LogP contribution is 2.14. The second-order valence-corrected chi connectivity index (χ2v) is 5.61. The van der Waals surface area contributed by atoms with E-state index in [1.165, 1.54) is 12.1 Å². The fourth-order valence-electron chi connectivity index (χ4n) is 1.18. The van der Waals surface area contributed by atoms with E-state index in [1.54, 1.807) is 12.1 Å². The molecule has 0 saturated carbocycles. The molecular weight excluding hydrogens is 278 g/mol. The SMILES string of the molecule is NCC(=O)NCCNS(=O)(=O)c1cccc(Cl)c1. The minimum absolute atomic E-state index is 0.0835. The molecule has 8 heteroatoms. The lowest BCUT2D eigenvalue weighted by Gasteiger charge is -2.07. The molecule has 1 amide bonds. The van der Waals surface area contributed by atoms with E-state index in [2.05, 4.69) is 10.0 Å². The molecule has 0 unspecified atom stereocenters. The second-order valence-electron chi connectivity index (χ2n) is 3.41. The van der Waals surface area contributed by atoms with Crippen molar-refractivity contribution < 1.29 is 13.2 Å². The molecule has 4 N–H and O–H groups in total. The van der Waals surface area contributed by atoms with E-state index < -0.39 is 10.0 Å². The Balaban J connectivity index is 2.53. The van der Waals surface area contributed by atoms with Crippen LogP contribution in [0.2, 0.25) is 5.02 Å². The smallest absolute Gasteiger partial charge is 0.240 e. The van der Waals surface area contributed by atoms with Gasteiger partial charge >= 0.3 is 0 Å². The van der Waals surface area contributed by atoms with Crippen LogP contribution in [0.15, 0.2) is 29.2 Å². The van der Waals surface area contributed by atoms with Crippen LogP contribution in [0.25, 0.3) is 0 Å². The van der Waals surface area contributed by atoms with Crippen LogP contribution in [0.1, 0.15) is 0 Å². The van der Waals surface area contributed by atoms with Crippen molar-refractivity contribution in [1.82, 2.24) is 10.0 Å². The zero-order chi connectivity index (χ0) is 13.6. The summed E-state index contributed by atoms with van der Waals surface area (Å²) in [7, 11) is -3.60. The minimum atomic E-state index is -3.60. The van der Waals surface area contributed by atoms with Crippen LogP contribution < -0.4 is 15.8 Å². The normalized spacial score (nSPS) is 11.2. The van der Waals surface area contributed by atoms with Gasteiger partial charge < -0.3 is 11.1 Å². The largest absolute Gasteiger partial charge is 0.354 e. The summed E-state index contributed by atoms with van der Waals surface area (Å²) in [6.07, 6.45) is 0. The number of nitrogens with one attached hydrogen (secondary N) is 2. The monoisotopic (exact) mass is 291 g/mol. The third-order valence-corrected chi connectivity index (χ3v) is 3.72. The zero-order valence-corrected chi connectivity index (χ0v) is 11.1. The van der Waals surface area contributed by atoms with E-state index in [1.807, 2.05) is 0 Å². The number of halogens is 1. The van der Waals surface area contributed by atoms with E-state index in [4.69, 9.17) is 17.3 Å². The standard InChI is InChI=1S/C10H14ClN3O3S/c11-8-2-1-3-9(6-8)18(16,17)14-5-4-13-10(15)7-12/h1-3,6,14H,4-5,7,12H2,(H,13,15). The van der Waals surface area contributed by atoms with Gasteiger partial charge in [-0.25, -0.2) is 13.1 Å². The van der Waals surface area contributed by atoms with Crippen molar-refractivity contribution in [2.24, 2.45) is 5.73 Å². The van der Waals surface area contributed by atoms with Gasteiger partial charge in [0.2, 0.25) is 15.9 Å². The fourth-order valence-corrected chi connectivity index (χ4v) is 2.51. The second kappa shape index (κ2) is 6.69. The number of benzene rings is 1. The molecule has 0 aliphatic heterocycles. The average Bonchev–Trinajstić information content (AvgIpc) is 2.34. The lowest BCUT2D eigenvalue weighted by Crippen LogP contribution is -2.37. The topological polar surface area (TPSA) is 101 Å². The number of hydrogen-bond donors (Lipinski definition) is 3. The van der Waals surface area contributed by atoms with Crippen molar-refractivity contribution in [3.63, 3.8) is 0 Å². The van der Waals surface area contributed by atoms with Gasteiger partial charge in [0.05, 0.1) is 11.4 Å². The Morgan fingerprint density at radius 2 is 2.06 bits per heavy atom. The van der Waals surface area contributed by atoms with Gasteiger partial charge in [-0.05, 0) is 18.2 Å². The molecule has 0 aliphatic carbocycles. The van der Waals surface area contributed by atoms with Gasteiger partial charge in [-0.3, -0.25) is 4.79 Å². The summed E-state index contributed by atoms with van der Waals surface area (Å²) in [5.41, 5.74) is 5.08. The van der Waals surface area contributed by atoms with Crippen LogP contribution in [0.3, 0.4) is 0 Å². The maximum absolute atomic E-state index is 11.8. The van der Waals surface area contributed by atoms with Gasteiger partial charge in [0.15, 0.2) is 0 Å². The summed E-state index contributed by atoms with van der Waals surface area (Å²) in [5, 5.41) is 2.79. The van der Waals surface area contributed by atoms with E-state index in [-0.39, 0.29) is 30.4 Å². The molecule has 18 heavy (non-hydrogen) atoms. The highest BCUT2D eigenvalue weighted by Gasteiger charge is 2.13. The van der Waals surface area contributed by atoms with Crippen LogP contribution in [-0.2, 0) is 14.8 Å². The first kappa shape index (κ1) is 14.9. The van der Waals surface area contributed by atoms with Crippen LogP contribution >= 0.6 is 11.6 Å². The summed E-state index contributed by atoms with van der Waals surface area (Å²) in [6.45, 7) is 0.136. The fraction of sp³-hybridized carbons (Fsp3) is 0.300. The molecule has 0 aromatic heterocycles. The zero-order valence-electron chi connectivity index (χ0n) is 9.52.